The summed E-state index contributed by atoms with van der Waals surface area (Å²) in [5.41, 5.74) is 0.625. The summed E-state index contributed by atoms with van der Waals surface area (Å²) in [5, 5.41) is 8.40. The average Bonchev–Trinajstić information content (AvgIpc) is 2.87. The Morgan fingerprint density at radius 3 is 3.14 bits per heavy atom. The molecule has 0 radical (unpaired) electrons. The van der Waals surface area contributed by atoms with E-state index in [0.717, 1.165) is 18.1 Å². The summed E-state index contributed by atoms with van der Waals surface area (Å²) < 4.78 is 4.86. The first-order valence-corrected chi connectivity index (χ1v) is 8.91. The van der Waals surface area contributed by atoms with Gasteiger partial charge in [0.15, 0.2) is 5.13 Å². The number of thiazole rings is 1. The zero-order valence-electron chi connectivity index (χ0n) is 11.9. The summed E-state index contributed by atoms with van der Waals surface area (Å²) in [6.07, 6.45) is 0.584. The highest BCUT2D eigenvalue weighted by Crippen LogP contribution is 2.17. The summed E-state index contributed by atoms with van der Waals surface area (Å²) in [6, 6.07) is 0.225. The highest BCUT2D eigenvalue weighted by atomic mass is 32.2. The highest BCUT2D eigenvalue weighted by molar-refractivity contribution is 7.99. The van der Waals surface area contributed by atoms with Crippen LogP contribution in [0.2, 0.25) is 0 Å². The van der Waals surface area contributed by atoms with Gasteiger partial charge in [0, 0.05) is 35.9 Å². The van der Waals surface area contributed by atoms with Gasteiger partial charge in [0.25, 0.3) is 0 Å². The van der Waals surface area contributed by atoms with E-state index in [1.807, 2.05) is 11.8 Å². The molecule has 1 saturated heterocycles. The number of nitrogens with one attached hydrogen (secondary N) is 2. The van der Waals surface area contributed by atoms with Crippen molar-refractivity contribution in [2.45, 2.75) is 25.8 Å². The third-order valence-electron chi connectivity index (χ3n) is 2.86. The third-order valence-corrected chi connectivity index (χ3v) is 4.80. The number of hydrogen-bond donors (Lipinski definition) is 2. The van der Waals surface area contributed by atoms with Crippen LogP contribution in [0.4, 0.5) is 5.13 Å². The van der Waals surface area contributed by atoms with E-state index in [-0.39, 0.29) is 24.3 Å². The van der Waals surface area contributed by atoms with Crippen molar-refractivity contribution in [3.63, 3.8) is 0 Å². The van der Waals surface area contributed by atoms with Gasteiger partial charge in [0.1, 0.15) is 0 Å². The van der Waals surface area contributed by atoms with Crippen molar-refractivity contribution >= 4 is 40.1 Å². The fourth-order valence-electron chi connectivity index (χ4n) is 1.95. The van der Waals surface area contributed by atoms with Gasteiger partial charge < -0.3 is 15.4 Å². The predicted molar refractivity (Wildman–Crippen MR) is 84.8 cm³/mol. The quantitative estimate of drug-likeness (QED) is 0.766. The van der Waals surface area contributed by atoms with Gasteiger partial charge in [-0.05, 0) is 6.92 Å². The van der Waals surface area contributed by atoms with E-state index < -0.39 is 0 Å². The first-order chi connectivity index (χ1) is 10.2. The van der Waals surface area contributed by atoms with Crippen LogP contribution in [-0.2, 0) is 20.7 Å². The topological polar surface area (TPSA) is 80.3 Å². The van der Waals surface area contributed by atoms with Crippen LogP contribution in [0.3, 0.4) is 0 Å². The largest absolute Gasteiger partial charge is 0.466 e. The van der Waals surface area contributed by atoms with E-state index >= 15 is 0 Å². The number of ether oxygens (including phenoxy) is 1. The molecule has 0 bridgehead atoms. The minimum absolute atomic E-state index is 0.0490. The monoisotopic (exact) mass is 329 g/mol. The van der Waals surface area contributed by atoms with E-state index in [4.69, 9.17) is 4.74 Å². The van der Waals surface area contributed by atoms with E-state index in [9.17, 15) is 9.59 Å². The molecule has 2 N–H and O–H groups in total. The number of aromatic nitrogens is 1. The second-order valence-electron chi connectivity index (χ2n) is 4.60. The molecule has 1 fully saturated rings. The summed E-state index contributed by atoms with van der Waals surface area (Å²) in [5.74, 6) is 1.71. The number of amides is 1. The lowest BCUT2D eigenvalue weighted by Gasteiger charge is -2.22. The first-order valence-electron chi connectivity index (χ1n) is 6.88. The molecule has 0 saturated carbocycles. The molecule has 1 atom stereocenters. The Kier molecular flexibility index (Phi) is 6.47. The number of hydrogen-bond acceptors (Lipinski definition) is 7. The maximum absolute atomic E-state index is 11.9. The molecular formula is C13H19N3O3S2. The number of nitrogens with zero attached hydrogens (tertiary/aromatic N) is 1. The fraction of sp³-hybridized carbons (Fsp3) is 0.615. The van der Waals surface area contributed by atoms with Gasteiger partial charge in [-0.1, -0.05) is 0 Å². The third kappa shape index (κ3) is 5.64. The van der Waals surface area contributed by atoms with Gasteiger partial charge >= 0.3 is 5.97 Å². The molecule has 116 valence electrons. The fourth-order valence-corrected chi connectivity index (χ4v) is 3.63. The Bertz CT molecular complexity index is 487. The van der Waals surface area contributed by atoms with Crippen LogP contribution in [0.5, 0.6) is 0 Å². The summed E-state index contributed by atoms with van der Waals surface area (Å²) in [6.45, 7) is 3.07. The lowest BCUT2D eigenvalue weighted by Crippen LogP contribution is -2.39. The number of esters is 1. The Labute approximate surface area is 132 Å². The van der Waals surface area contributed by atoms with E-state index in [2.05, 4.69) is 15.6 Å². The number of rotatable bonds is 6. The van der Waals surface area contributed by atoms with Gasteiger partial charge in [-0.15, -0.1) is 11.3 Å². The SMILES string of the molecule is CCOC(=O)Cc1csc(NC(=O)CC2CSCCN2)n1. The lowest BCUT2D eigenvalue weighted by molar-refractivity contribution is -0.142. The normalized spacial score (nSPS) is 18.2. The molecular weight excluding hydrogens is 310 g/mol. The van der Waals surface area contributed by atoms with Gasteiger partial charge in [-0.3, -0.25) is 9.59 Å². The number of anilines is 1. The Morgan fingerprint density at radius 2 is 2.43 bits per heavy atom. The van der Waals surface area contributed by atoms with E-state index in [0.29, 0.717) is 23.9 Å². The molecule has 6 nitrogen and oxygen atoms in total. The van der Waals surface area contributed by atoms with Crippen LogP contribution in [-0.4, -0.2) is 47.6 Å². The molecule has 0 aromatic carbocycles. The van der Waals surface area contributed by atoms with Crippen LogP contribution >= 0.6 is 23.1 Å². The number of carbonyl (C=O) groups excluding carboxylic acids is 2. The summed E-state index contributed by atoms with van der Waals surface area (Å²) >= 11 is 3.18. The maximum Gasteiger partial charge on any atom is 0.311 e. The minimum Gasteiger partial charge on any atom is -0.466 e. The van der Waals surface area contributed by atoms with Crippen molar-refractivity contribution in [2.24, 2.45) is 0 Å². The van der Waals surface area contributed by atoms with Crippen LogP contribution < -0.4 is 10.6 Å². The molecule has 1 unspecified atom stereocenters. The molecule has 21 heavy (non-hydrogen) atoms. The van der Waals surface area contributed by atoms with E-state index in [1.54, 1.807) is 12.3 Å². The van der Waals surface area contributed by atoms with Gasteiger partial charge in [-0.2, -0.15) is 11.8 Å². The molecule has 1 aromatic rings. The van der Waals surface area contributed by atoms with Crippen LogP contribution in [0.25, 0.3) is 0 Å². The standard InChI is InChI=1S/C13H19N3O3S2/c1-2-19-12(18)6-10-8-21-13(15-10)16-11(17)5-9-7-20-4-3-14-9/h8-9,14H,2-7H2,1H3,(H,15,16,17). The van der Waals surface area contributed by atoms with Crippen molar-refractivity contribution in [1.82, 2.24) is 10.3 Å². The maximum atomic E-state index is 11.9. The van der Waals surface area contributed by atoms with Gasteiger partial charge in [-0.25, -0.2) is 4.98 Å². The number of thioether (sulfide) groups is 1. The zero-order valence-corrected chi connectivity index (χ0v) is 13.5. The van der Waals surface area contributed by atoms with Crippen LogP contribution in [0.15, 0.2) is 5.38 Å². The summed E-state index contributed by atoms with van der Waals surface area (Å²) in [7, 11) is 0. The lowest BCUT2D eigenvalue weighted by atomic mass is 10.2. The Balaban J connectivity index is 1.78. The van der Waals surface area contributed by atoms with Crippen molar-refractivity contribution < 1.29 is 14.3 Å². The Morgan fingerprint density at radius 1 is 1.57 bits per heavy atom. The molecule has 1 amide bonds. The molecule has 1 aliphatic rings. The molecule has 2 rings (SSSR count). The predicted octanol–water partition coefficient (Wildman–Crippen LogP) is 1.28. The second-order valence-corrected chi connectivity index (χ2v) is 6.61. The van der Waals surface area contributed by atoms with Crippen molar-refractivity contribution in [2.75, 3.05) is 30.0 Å². The molecule has 1 aliphatic heterocycles. The average molecular weight is 329 g/mol. The molecule has 8 heteroatoms. The highest BCUT2D eigenvalue weighted by Gasteiger charge is 2.17. The summed E-state index contributed by atoms with van der Waals surface area (Å²) in [4.78, 5) is 27.5. The van der Waals surface area contributed by atoms with Crippen molar-refractivity contribution in [3.05, 3.63) is 11.1 Å². The van der Waals surface area contributed by atoms with Crippen molar-refractivity contribution in [3.8, 4) is 0 Å². The van der Waals surface area contributed by atoms with Crippen molar-refractivity contribution in [1.29, 1.82) is 0 Å². The second kappa shape index (κ2) is 8.35. The number of carbonyl (C=O) groups is 2. The smallest absolute Gasteiger partial charge is 0.311 e. The van der Waals surface area contributed by atoms with E-state index in [1.165, 1.54) is 11.3 Å². The van der Waals surface area contributed by atoms with Gasteiger partial charge in [0.2, 0.25) is 5.91 Å². The molecule has 0 spiro atoms. The molecule has 1 aromatic heterocycles. The van der Waals surface area contributed by atoms with Gasteiger partial charge in [0.05, 0.1) is 18.7 Å². The van der Waals surface area contributed by atoms with Crippen LogP contribution in [0.1, 0.15) is 19.0 Å². The zero-order chi connectivity index (χ0) is 15.1. The molecule has 0 aliphatic carbocycles. The van der Waals surface area contributed by atoms with Crippen LogP contribution in [0, 0.1) is 0 Å². The minimum atomic E-state index is -0.302. The molecule has 2 heterocycles. The Hall–Kier alpha value is -1.12. The first kappa shape index (κ1) is 16.3.